The third-order valence-electron chi connectivity index (χ3n) is 2.26. The second-order valence-electron chi connectivity index (χ2n) is 3.01. The van der Waals surface area contributed by atoms with Gasteiger partial charge in [0.25, 0.3) is 0 Å². The lowest BCUT2D eigenvalue weighted by molar-refractivity contribution is 1.20. The maximum Gasteiger partial charge on any atom is -0.0198 e. The van der Waals surface area contributed by atoms with Gasteiger partial charge in [0.1, 0.15) is 0 Å². The number of benzene rings is 1. The molecule has 0 amide bonds. The Morgan fingerprint density at radius 3 is 2.58 bits per heavy atom. The summed E-state index contributed by atoms with van der Waals surface area (Å²) in [4.78, 5) is 0. The highest BCUT2D eigenvalue weighted by Gasteiger charge is 1.87. The molecule has 0 nitrogen and oxygen atoms in total. The summed E-state index contributed by atoms with van der Waals surface area (Å²) in [6.45, 7) is 6.48. The van der Waals surface area contributed by atoms with E-state index in [1.54, 1.807) is 0 Å². The molecule has 0 heterocycles. The molecular formula is C12H16. The van der Waals surface area contributed by atoms with Gasteiger partial charge in [-0.2, -0.15) is 0 Å². The van der Waals surface area contributed by atoms with Gasteiger partial charge in [-0.25, -0.2) is 0 Å². The van der Waals surface area contributed by atoms with Crippen molar-refractivity contribution in [1.29, 1.82) is 0 Å². The molecule has 0 saturated heterocycles. The highest BCUT2D eigenvalue weighted by molar-refractivity contribution is 5.43. The van der Waals surface area contributed by atoms with Crippen LogP contribution >= 0.6 is 0 Å². The SMILES string of the molecule is CC=c1ccccc1=C(C)CC. The lowest BCUT2D eigenvalue weighted by atomic mass is 10.1. The molecule has 0 heteroatoms. The highest BCUT2D eigenvalue weighted by Crippen LogP contribution is 1.93. The van der Waals surface area contributed by atoms with Crippen LogP contribution in [0.5, 0.6) is 0 Å². The van der Waals surface area contributed by atoms with Crippen molar-refractivity contribution in [2.75, 3.05) is 0 Å². The van der Waals surface area contributed by atoms with Crippen molar-refractivity contribution in [2.45, 2.75) is 27.2 Å². The van der Waals surface area contributed by atoms with Gasteiger partial charge >= 0.3 is 0 Å². The highest BCUT2D eigenvalue weighted by atomic mass is 13.9. The van der Waals surface area contributed by atoms with Gasteiger partial charge in [-0.1, -0.05) is 42.8 Å². The summed E-state index contributed by atoms with van der Waals surface area (Å²) >= 11 is 0. The monoisotopic (exact) mass is 160 g/mol. The minimum absolute atomic E-state index is 1.13. The smallest absolute Gasteiger partial charge is 0.0198 e. The van der Waals surface area contributed by atoms with Crippen molar-refractivity contribution in [3.8, 4) is 0 Å². The fraction of sp³-hybridized carbons (Fsp3) is 0.333. The van der Waals surface area contributed by atoms with Crippen LogP contribution in [0.1, 0.15) is 27.2 Å². The molecule has 0 atom stereocenters. The molecule has 0 fully saturated rings. The van der Waals surface area contributed by atoms with Crippen molar-refractivity contribution < 1.29 is 0 Å². The summed E-state index contributed by atoms with van der Waals surface area (Å²) in [6, 6.07) is 8.53. The molecule has 0 unspecified atom stereocenters. The molecule has 0 spiro atoms. The molecule has 1 aromatic rings. The van der Waals surface area contributed by atoms with E-state index in [9.17, 15) is 0 Å². The summed E-state index contributed by atoms with van der Waals surface area (Å²) in [5.74, 6) is 0. The van der Waals surface area contributed by atoms with Crippen LogP contribution in [-0.4, -0.2) is 0 Å². The summed E-state index contributed by atoms with van der Waals surface area (Å²) in [6.07, 6.45) is 3.29. The summed E-state index contributed by atoms with van der Waals surface area (Å²) in [7, 11) is 0. The molecule has 0 aliphatic rings. The van der Waals surface area contributed by atoms with E-state index < -0.39 is 0 Å². The predicted octanol–water partition coefficient (Wildman–Crippen LogP) is 2.07. The van der Waals surface area contributed by atoms with E-state index in [-0.39, 0.29) is 0 Å². The first-order valence-corrected chi connectivity index (χ1v) is 4.50. The molecule has 1 aromatic carbocycles. The van der Waals surface area contributed by atoms with Crippen LogP contribution in [0.25, 0.3) is 11.6 Å². The van der Waals surface area contributed by atoms with Crippen LogP contribution in [0.3, 0.4) is 0 Å². The first-order chi connectivity index (χ1) is 5.79. The zero-order valence-corrected chi connectivity index (χ0v) is 8.09. The minimum Gasteiger partial charge on any atom is -0.0798 e. The fourth-order valence-electron chi connectivity index (χ4n) is 1.33. The van der Waals surface area contributed by atoms with E-state index in [1.165, 1.54) is 16.0 Å². The molecule has 0 aromatic heterocycles. The largest absolute Gasteiger partial charge is 0.0798 e. The third kappa shape index (κ3) is 1.76. The Morgan fingerprint density at radius 2 is 2.00 bits per heavy atom. The summed E-state index contributed by atoms with van der Waals surface area (Å²) in [5, 5.41) is 2.74. The normalized spacial score (nSPS) is 14.8. The van der Waals surface area contributed by atoms with Gasteiger partial charge in [0.2, 0.25) is 0 Å². The Balaban J connectivity index is 3.54. The van der Waals surface area contributed by atoms with Gasteiger partial charge in [0, 0.05) is 0 Å². The molecule has 0 N–H and O–H groups in total. The maximum absolute atomic E-state index is 2.20. The van der Waals surface area contributed by atoms with Crippen molar-refractivity contribution in [2.24, 2.45) is 0 Å². The van der Waals surface area contributed by atoms with Gasteiger partial charge in [-0.3, -0.25) is 0 Å². The quantitative estimate of drug-likeness (QED) is 0.590. The fourth-order valence-corrected chi connectivity index (χ4v) is 1.33. The Hall–Kier alpha value is -1.04. The molecular weight excluding hydrogens is 144 g/mol. The van der Waals surface area contributed by atoms with E-state index in [2.05, 4.69) is 51.1 Å². The summed E-state index contributed by atoms with van der Waals surface area (Å²) in [5.41, 5.74) is 1.46. The maximum atomic E-state index is 2.20. The average molecular weight is 160 g/mol. The van der Waals surface area contributed by atoms with E-state index in [0.29, 0.717) is 0 Å². The Morgan fingerprint density at radius 1 is 1.33 bits per heavy atom. The Bertz CT molecular complexity index is 358. The summed E-state index contributed by atoms with van der Waals surface area (Å²) < 4.78 is 0. The molecule has 0 aliphatic heterocycles. The molecule has 12 heavy (non-hydrogen) atoms. The lowest BCUT2D eigenvalue weighted by Crippen LogP contribution is -2.25. The first-order valence-electron chi connectivity index (χ1n) is 4.50. The zero-order chi connectivity index (χ0) is 8.97. The molecule has 0 saturated carbocycles. The first kappa shape index (κ1) is 9.05. The van der Waals surface area contributed by atoms with Gasteiger partial charge < -0.3 is 0 Å². The van der Waals surface area contributed by atoms with Crippen LogP contribution in [0.4, 0.5) is 0 Å². The lowest BCUT2D eigenvalue weighted by Gasteiger charge is -1.95. The topological polar surface area (TPSA) is 0 Å². The second kappa shape index (κ2) is 4.10. The number of hydrogen-bond donors (Lipinski definition) is 0. The zero-order valence-electron chi connectivity index (χ0n) is 8.09. The van der Waals surface area contributed by atoms with E-state index in [1.807, 2.05) is 0 Å². The van der Waals surface area contributed by atoms with Crippen LogP contribution < -0.4 is 10.4 Å². The predicted molar refractivity (Wildman–Crippen MR) is 55.2 cm³/mol. The Kier molecular flexibility index (Phi) is 3.09. The molecule has 0 aliphatic carbocycles. The average Bonchev–Trinajstić information content (AvgIpc) is 2.16. The Labute approximate surface area is 74.2 Å². The van der Waals surface area contributed by atoms with Crippen LogP contribution in [0.15, 0.2) is 24.3 Å². The van der Waals surface area contributed by atoms with Crippen molar-refractivity contribution in [1.82, 2.24) is 0 Å². The third-order valence-corrected chi connectivity index (χ3v) is 2.26. The van der Waals surface area contributed by atoms with Crippen LogP contribution in [0.2, 0.25) is 0 Å². The van der Waals surface area contributed by atoms with Gasteiger partial charge in [-0.05, 0) is 30.7 Å². The van der Waals surface area contributed by atoms with Gasteiger partial charge in [0.15, 0.2) is 0 Å². The van der Waals surface area contributed by atoms with Crippen molar-refractivity contribution >= 4 is 11.6 Å². The molecule has 0 radical (unpaired) electrons. The number of hydrogen-bond acceptors (Lipinski definition) is 0. The molecule has 64 valence electrons. The van der Waals surface area contributed by atoms with Gasteiger partial charge in [-0.15, -0.1) is 0 Å². The molecule has 1 rings (SSSR count). The van der Waals surface area contributed by atoms with Crippen LogP contribution in [0, 0.1) is 0 Å². The van der Waals surface area contributed by atoms with Crippen molar-refractivity contribution in [3.63, 3.8) is 0 Å². The minimum atomic E-state index is 1.13. The van der Waals surface area contributed by atoms with Crippen molar-refractivity contribution in [3.05, 3.63) is 34.7 Å². The van der Waals surface area contributed by atoms with E-state index in [4.69, 9.17) is 0 Å². The standard InChI is InChI=1S/C12H16/c1-4-10(3)12-9-7-6-8-11(12)5-2/h5-9H,4H2,1-3H3. The van der Waals surface area contributed by atoms with Gasteiger partial charge in [0.05, 0.1) is 0 Å². The molecule has 0 bridgehead atoms. The second-order valence-corrected chi connectivity index (χ2v) is 3.01. The van der Waals surface area contributed by atoms with E-state index in [0.717, 1.165) is 6.42 Å². The van der Waals surface area contributed by atoms with E-state index >= 15 is 0 Å². The number of rotatable bonds is 1. The van der Waals surface area contributed by atoms with Crippen LogP contribution in [-0.2, 0) is 0 Å².